The van der Waals surface area contributed by atoms with Gasteiger partial charge in [0.2, 0.25) is 5.91 Å². The summed E-state index contributed by atoms with van der Waals surface area (Å²) >= 11 is 0. The Morgan fingerprint density at radius 1 is 1.42 bits per heavy atom. The van der Waals surface area contributed by atoms with Crippen LogP contribution in [-0.2, 0) is 4.79 Å². The molecule has 1 atom stereocenters. The molecule has 5 nitrogen and oxygen atoms in total. The van der Waals surface area contributed by atoms with E-state index in [1.165, 1.54) is 0 Å². The van der Waals surface area contributed by atoms with Crippen molar-refractivity contribution in [2.45, 2.75) is 26.3 Å². The highest BCUT2D eigenvalue weighted by Crippen LogP contribution is 2.16. The molecular weight excluding hydrogens is 251 g/mol. The van der Waals surface area contributed by atoms with Crippen LogP contribution < -0.4 is 10.6 Å². The lowest BCUT2D eigenvalue weighted by Gasteiger charge is -2.12. The number of carbonyl (C=O) groups is 2. The van der Waals surface area contributed by atoms with Gasteiger partial charge in [-0.05, 0) is 31.5 Å². The van der Waals surface area contributed by atoms with Gasteiger partial charge in [0.1, 0.15) is 5.82 Å². The van der Waals surface area contributed by atoms with Gasteiger partial charge in [-0.2, -0.15) is 0 Å². The summed E-state index contributed by atoms with van der Waals surface area (Å²) in [7, 11) is 0. The number of carbonyl (C=O) groups excluding carboxylic acids is 1. The molecule has 0 saturated heterocycles. The summed E-state index contributed by atoms with van der Waals surface area (Å²) in [5.41, 5.74) is -0.206. The summed E-state index contributed by atoms with van der Waals surface area (Å²) in [5.74, 6) is -2.25. The number of anilines is 1. The van der Waals surface area contributed by atoms with Crippen LogP contribution >= 0.6 is 0 Å². The molecule has 0 heterocycles. The fourth-order valence-corrected chi connectivity index (χ4v) is 1.36. The number of benzene rings is 1. The molecule has 0 spiro atoms. The van der Waals surface area contributed by atoms with E-state index in [2.05, 4.69) is 10.6 Å². The molecule has 0 aliphatic heterocycles. The fraction of sp³-hybridized carbons (Fsp3) is 0.385. The zero-order chi connectivity index (χ0) is 14.4. The van der Waals surface area contributed by atoms with Crippen LogP contribution in [0, 0.1) is 5.82 Å². The van der Waals surface area contributed by atoms with Gasteiger partial charge in [-0.1, -0.05) is 6.92 Å². The number of aromatic carboxylic acids is 1. The molecular formula is C13H17FN2O3. The smallest absolute Gasteiger partial charge is 0.335 e. The molecule has 0 aliphatic rings. The summed E-state index contributed by atoms with van der Waals surface area (Å²) in [4.78, 5) is 22.3. The predicted octanol–water partition coefficient (Wildman–Crippen LogP) is 1.85. The van der Waals surface area contributed by atoms with Crippen LogP contribution in [0.25, 0.3) is 0 Å². The molecule has 0 aliphatic carbocycles. The van der Waals surface area contributed by atoms with E-state index in [4.69, 9.17) is 5.11 Å². The van der Waals surface area contributed by atoms with Gasteiger partial charge in [-0.25, -0.2) is 9.18 Å². The number of amides is 1. The number of carboxylic acids is 1. The maximum atomic E-state index is 13.4. The number of halogens is 1. The van der Waals surface area contributed by atoms with E-state index < -0.39 is 17.7 Å². The second-order valence-electron chi connectivity index (χ2n) is 4.24. The summed E-state index contributed by atoms with van der Waals surface area (Å²) < 4.78 is 13.4. The van der Waals surface area contributed by atoms with Crippen LogP contribution in [0.3, 0.4) is 0 Å². The van der Waals surface area contributed by atoms with E-state index in [0.717, 1.165) is 24.6 Å². The molecule has 0 bridgehead atoms. The Morgan fingerprint density at radius 2 is 2.11 bits per heavy atom. The Balaban J connectivity index is 2.68. The topological polar surface area (TPSA) is 78.4 Å². The van der Waals surface area contributed by atoms with Gasteiger partial charge in [-0.3, -0.25) is 4.79 Å². The minimum atomic E-state index is -1.17. The molecule has 6 heteroatoms. The van der Waals surface area contributed by atoms with Crippen LogP contribution in [0.15, 0.2) is 18.2 Å². The van der Waals surface area contributed by atoms with E-state index >= 15 is 0 Å². The van der Waals surface area contributed by atoms with Gasteiger partial charge in [-0.15, -0.1) is 0 Å². The first-order valence-corrected chi connectivity index (χ1v) is 6.00. The summed E-state index contributed by atoms with van der Waals surface area (Å²) in [5, 5.41) is 14.1. The van der Waals surface area contributed by atoms with Crippen molar-refractivity contribution in [3.63, 3.8) is 0 Å². The summed E-state index contributed by atoms with van der Waals surface area (Å²) in [6.07, 6.45) is 0.871. The largest absolute Gasteiger partial charge is 0.478 e. The Morgan fingerprint density at radius 3 is 2.68 bits per heavy atom. The van der Waals surface area contributed by atoms with Gasteiger partial charge >= 0.3 is 5.97 Å². The minimum Gasteiger partial charge on any atom is -0.478 e. The minimum absolute atomic E-state index is 0.0474. The highest BCUT2D eigenvalue weighted by atomic mass is 19.1. The fourth-order valence-electron chi connectivity index (χ4n) is 1.36. The third kappa shape index (κ3) is 4.67. The molecule has 1 amide bonds. The number of rotatable bonds is 6. The van der Waals surface area contributed by atoms with Crippen molar-refractivity contribution >= 4 is 17.6 Å². The molecule has 0 radical (unpaired) electrons. The number of carboxylic acid groups (broad SMARTS) is 1. The van der Waals surface area contributed by atoms with Crippen molar-refractivity contribution in [2.75, 3.05) is 11.9 Å². The molecule has 3 N–H and O–H groups in total. The van der Waals surface area contributed by atoms with Gasteiger partial charge in [0.25, 0.3) is 0 Å². The Labute approximate surface area is 110 Å². The van der Waals surface area contributed by atoms with E-state index in [1.807, 2.05) is 13.8 Å². The monoisotopic (exact) mass is 268 g/mol. The van der Waals surface area contributed by atoms with Crippen molar-refractivity contribution in [3.05, 3.63) is 29.6 Å². The lowest BCUT2D eigenvalue weighted by Crippen LogP contribution is -2.34. The summed E-state index contributed by atoms with van der Waals surface area (Å²) in [6, 6.07) is 3.44. The van der Waals surface area contributed by atoms with Crippen molar-refractivity contribution in [1.29, 1.82) is 0 Å². The van der Waals surface area contributed by atoms with E-state index in [9.17, 15) is 14.0 Å². The second kappa shape index (κ2) is 6.84. The van der Waals surface area contributed by atoms with E-state index in [0.29, 0.717) is 0 Å². The maximum Gasteiger partial charge on any atom is 0.335 e. The summed E-state index contributed by atoms with van der Waals surface area (Å²) in [6.45, 7) is 3.95. The van der Waals surface area contributed by atoms with E-state index in [-0.39, 0.29) is 23.8 Å². The van der Waals surface area contributed by atoms with Crippen LogP contribution in [0.2, 0.25) is 0 Å². The van der Waals surface area contributed by atoms with Gasteiger partial charge in [0.05, 0.1) is 17.8 Å². The third-order valence-corrected chi connectivity index (χ3v) is 2.71. The number of hydrogen-bond acceptors (Lipinski definition) is 3. The average Bonchev–Trinajstić information content (AvgIpc) is 2.38. The van der Waals surface area contributed by atoms with Crippen molar-refractivity contribution < 1.29 is 19.1 Å². The first-order chi connectivity index (χ1) is 8.93. The molecule has 1 aromatic rings. The number of nitrogens with one attached hydrogen (secondary N) is 2. The SMILES string of the molecule is CCC(C)NCC(=O)Nc1cc(C(=O)O)ccc1F. The zero-order valence-electron chi connectivity index (χ0n) is 10.9. The normalized spacial score (nSPS) is 11.9. The molecule has 104 valence electrons. The van der Waals surface area contributed by atoms with Crippen molar-refractivity contribution in [2.24, 2.45) is 0 Å². The Hall–Kier alpha value is -1.95. The molecule has 1 unspecified atom stereocenters. The predicted molar refractivity (Wildman–Crippen MR) is 69.7 cm³/mol. The number of hydrogen-bond donors (Lipinski definition) is 3. The molecule has 19 heavy (non-hydrogen) atoms. The van der Waals surface area contributed by atoms with Gasteiger partial charge in [0.15, 0.2) is 0 Å². The molecule has 1 rings (SSSR count). The van der Waals surface area contributed by atoms with Crippen LogP contribution in [-0.4, -0.2) is 29.6 Å². The third-order valence-electron chi connectivity index (χ3n) is 2.71. The standard InChI is InChI=1S/C13H17FN2O3/c1-3-8(2)15-7-12(17)16-11-6-9(13(18)19)4-5-10(11)14/h4-6,8,15H,3,7H2,1-2H3,(H,16,17)(H,18,19). The van der Waals surface area contributed by atoms with Crippen LogP contribution in [0.1, 0.15) is 30.6 Å². The highest BCUT2D eigenvalue weighted by Gasteiger charge is 2.11. The first-order valence-electron chi connectivity index (χ1n) is 6.00. The molecule has 0 aromatic heterocycles. The Bertz CT molecular complexity index is 477. The zero-order valence-corrected chi connectivity index (χ0v) is 10.9. The average molecular weight is 268 g/mol. The highest BCUT2D eigenvalue weighted by molar-refractivity contribution is 5.94. The Kier molecular flexibility index (Phi) is 5.44. The quantitative estimate of drug-likeness (QED) is 0.735. The van der Waals surface area contributed by atoms with Crippen molar-refractivity contribution in [3.8, 4) is 0 Å². The van der Waals surface area contributed by atoms with Crippen LogP contribution in [0.5, 0.6) is 0 Å². The second-order valence-corrected chi connectivity index (χ2v) is 4.24. The lowest BCUT2D eigenvalue weighted by molar-refractivity contribution is -0.115. The van der Waals surface area contributed by atoms with Crippen molar-refractivity contribution in [1.82, 2.24) is 5.32 Å². The molecule has 0 fully saturated rings. The van der Waals surface area contributed by atoms with Gasteiger partial charge in [0, 0.05) is 6.04 Å². The lowest BCUT2D eigenvalue weighted by atomic mass is 10.2. The first kappa shape index (κ1) is 15.1. The van der Waals surface area contributed by atoms with E-state index in [1.54, 1.807) is 0 Å². The molecule has 0 saturated carbocycles. The maximum absolute atomic E-state index is 13.4. The van der Waals surface area contributed by atoms with Crippen LogP contribution in [0.4, 0.5) is 10.1 Å². The van der Waals surface area contributed by atoms with Gasteiger partial charge < -0.3 is 15.7 Å². The molecule has 1 aromatic carbocycles.